The molecule has 88 valence electrons. The van der Waals surface area contributed by atoms with Crippen LogP contribution >= 0.6 is 11.8 Å². The first kappa shape index (κ1) is 11.9. The molecule has 1 saturated heterocycles. The van der Waals surface area contributed by atoms with Gasteiger partial charge in [0.2, 0.25) is 0 Å². The molecule has 1 fully saturated rings. The van der Waals surface area contributed by atoms with E-state index in [1.807, 2.05) is 6.92 Å². The average Bonchev–Trinajstić information content (AvgIpc) is 2.69. The molecule has 2 unspecified atom stereocenters. The summed E-state index contributed by atoms with van der Waals surface area (Å²) in [5, 5.41) is 0. The lowest BCUT2D eigenvalue weighted by atomic mass is 9.91. The van der Waals surface area contributed by atoms with Gasteiger partial charge >= 0.3 is 0 Å². The molecular formula is C12H15F2NS. The fourth-order valence-electron chi connectivity index (χ4n) is 2.13. The Morgan fingerprint density at radius 2 is 2.19 bits per heavy atom. The van der Waals surface area contributed by atoms with Crippen LogP contribution < -0.4 is 5.73 Å². The topological polar surface area (TPSA) is 26.0 Å². The van der Waals surface area contributed by atoms with Gasteiger partial charge in [0.05, 0.1) is 0 Å². The molecule has 4 heteroatoms. The van der Waals surface area contributed by atoms with Gasteiger partial charge in [0.15, 0.2) is 0 Å². The lowest BCUT2D eigenvalue weighted by molar-refractivity contribution is 0.474. The van der Waals surface area contributed by atoms with E-state index in [2.05, 4.69) is 0 Å². The molecule has 16 heavy (non-hydrogen) atoms. The third-order valence-corrected chi connectivity index (χ3v) is 4.81. The van der Waals surface area contributed by atoms with Crippen molar-refractivity contribution in [3.8, 4) is 0 Å². The number of nitrogens with two attached hydrogens (primary N) is 1. The van der Waals surface area contributed by atoms with Gasteiger partial charge in [-0.25, -0.2) is 8.78 Å². The normalized spacial score (nSPS) is 27.0. The van der Waals surface area contributed by atoms with E-state index in [0.717, 1.165) is 30.7 Å². The van der Waals surface area contributed by atoms with Crippen LogP contribution in [0, 0.1) is 11.6 Å². The summed E-state index contributed by atoms with van der Waals surface area (Å²) in [7, 11) is 0. The standard InChI is InChI=1S/C12H15F2NS/c1-12(5-2-6-16-12)11(15)9-7-8(13)3-4-10(9)14/h3-4,7,11H,2,5-6,15H2,1H3. The third kappa shape index (κ3) is 2.09. The van der Waals surface area contributed by atoms with Crippen molar-refractivity contribution in [1.82, 2.24) is 0 Å². The Morgan fingerprint density at radius 3 is 2.81 bits per heavy atom. The van der Waals surface area contributed by atoms with Gasteiger partial charge in [-0.1, -0.05) is 0 Å². The van der Waals surface area contributed by atoms with Gasteiger partial charge in [0.1, 0.15) is 11.6 Å². The van der Waals surface area contributed by atoms with Crippen LogP contribution in [-0.2, 0) is 0 Å². The van der Waals surface area contributed by atoms with Crippen LogP contribution in [-0.4, -0.2) is 10.5 Å². The molecule has 0 aliphatic carbocycles. The Labute approximate surface area is 98.4 Å². The summed E-state index contributed by atoms with van der Waals surface area (Å²) in [6.07, 6.45) is 2.04. The zero-order valence-corrected chi connectivity index (χ0v) is 9.99. The largest absolute Gasteiger partial charge is 0.323 e. The van der Waals surface area contributed by atoms with Crippen LogP contribution in [0.15, 0.2) is 18.2 Å². The highest BCUT2D eigenvalue weighted by Crippen LogP contribution is 2.45. The van der Waals surface area contributed by atoms with E-state index in [0.29, 0.717) is 0 Å². The van der Waals surface area contributed by atoms with Crippen molar-refractivity contribution in [1.29, 1.82) is 0 Å². The molecule has 1 aliphatic heterocycles. The molecule has 1 nitrogen and oxygen atoms in total. The minimum Gasteiger partial charge on any atom is -0.323 e. The summed E-state index contributed by atoms with van der Waals surface area (Å²) in [4.78, 5) is 0. The maximum Gasteiger partial charge on any atom is 0.128 e. The average molecular weight is 243 g/mol. The Bertz CT molecular complexity index is 389. The molecule has 2 rings (SSSR count). The van der Waals surface area contributed by atoms with Crippen molar-refractivity contribution in [3.05, 3.63) is 35.4 Å². The van der Waals surface area contributed by atoms with E-state index in [1.165, 1.54) is 6.07 Å². The maximum atomic E-state index is 13.6. The van der Waals surface area contributed by atoms with E-state index >= 15 is 0 Å². The quantitative estimate of drug-likeness (QED) is 0.863. The number of benzene rings is 1. The highest BCUT2D eigenvalue weighted by molar-refractivity contribution is 8.00. The van der Waals surface area contributed by atoms with Crippen molar-refractivity contribution in [2.45, 2.75) is 30.6 Å². The summed E-state index contributed by atoms with van der Waals surface area (Å²) in [6, 6.07) is 3.03. The first-order chi connectivity index (χ1) is 7.53. The van der Waals surface area contributed by atoms with Crippen LogP contribution in [0.1, 0.15) is 31.4 Å². The Morgan fingerprint density at radius 1 is 1.44 bits per heavy atom. The SMILES string of the molecule is CC1(C(N)c2cc(F)ccc2F)CCCS1. The number of rotatable bonds is 2. The Kier molecular flexibility index (Phi) is 3.22. The molecule has 0 bridgehead atoms. The molecule has 2 atom stereocenters. The summed E-state index contributed by atoms with van der Waals surface area (Å²) in [5.74, 6) is 0.197. The summed E-state index contributed by atoms with van der Waals surface area (Å²) in [5.41, 5.74) is 6.37. The van der Waals surface area contributed by atoms with E-state index in [4.69, 9.17) is 5.73 Å². The summed E-state index contributed by atoms with van der Waals surface area (Å²) >= 11 is 1.75. The maximum absolute atomic E-state index is 13.6. The fourth-order valence-corrected chi connectivity index (χ4v) is 3.48. The molecule has 0 aromatic heterocycles. The molecule has 0 saturated carbocycles. The van der Waals surface area contributed by atoms with Crippen molar-refractivity contribution in [2.24, 2.45) is 5.73 Å². The highest BCUT2D eigenvalue weighted by atomic mass is 32.2. The second-order valence-corrected chi connectivity index (χ2v) is 6.04. The lowest BCUT2D eigenvalue weighted by Gasteiger charge is -2.30. The van der Waals surface area contributed by atoms with E-state index in [9.17, 15) is 8.78 Å². The third-order valence-electron chi connectivity index (χ3n) is 3.20. The zero-order valence-electron chi connectivity index (χ0n) is 9.17. The van der Waals surface area contributed by atoms with Crippen LogP contribution in [0.4, 0.5) is 8.78 Å². The second kappa shape index (κ2) is 4.34. The summed E-state index contributed by atoms with van der Waals surface area (Å²) in [6.45, 7) is 2.03. The van der Waals surface area contributed by atoms with Crippen LogP contribution in [0.5, 0.6) is 0 Å². The molecule has 2 N–H and O–H groups in total. The molecule has 1 aromatic rings. The zero-order chi connectivity index (χ0) is 11.8. The highest BCUT2D eigenvalue weighted by Gasteiger charge is 2.37. The van der Waals surface area contributed by atoms with Crippen LogP contribution in [0.25, 0.3) is 0 Å². The van der Waals surface area contributed by atoms with Gasteiger partial charge in [-0.15, -0.1) is 0 Å². The van der Waals surface area contributed by atoms with Crippen LogP contribution in [0.2, 0.25) is 0 Å². The predicted molar refractivity (Wildman–Crippen MR) is 63.4 cm³/mol. The van der Waals surface area contributed by atoms with Gasteiger partial charge in [-0.05, 0) is 43.7 Å². The second-order valence-electron chi connectivity index (χ2n) is 4.41. The predicted octanol–water partition coefficient (Wildman–Crippen LogP) is 3.25. The van der Waals surface area contributed by atoms with Gasteiger partial charge in [-0.3, -0.25) is 0 Å². The first-order valence-electron chi connectivity index (χ1n) is 5.37. The van der Waals surface area contributed by atoms with Crippen molar-refractivity contribution in [3.63, 3.8) is 0 Å². The molecular weight excluding hydrogens is 228 g/mol. The molecule has 1 aromatic carbocycles. The minimum absolute atomic E-state index is 0.172. The first-order valence-corrected chi connectivity index (χ1v) is 6.36. The van der Waals surface area contributed by atoms with E-state index < -0.39 is 17.7 Å². The van der Waals surface area contributed by atoms with Gasteiger partial charge < -0.3 is 5.73 Å². The monoisotopic (exact) mass is 243 g/mol. The molecule has 1 aliphatic rings. The lowest BCUT2D eigenvalue weighted by Crippen LogP contribution is -2.33. The van der Waals surface area contributed by atoms with Gasteiger partial charge in [0.25, 0.3) is 0 Å². The fraction of sp³-hybridized carbons (Fsp3) is 0.500. The smallest absolute Gasteiger partial charge is 0.128 e. The van der Waals surface area contributed by atoms with Gasteiger partial charge in [0, 0.05) is 16.4 Å². The van der Waals surface area contributed by atoms with Crippen molar-refractivity contribution >= 4 is 11.8 Å². The van der Waals surface area contributed by atoms with Crippen molar-refractivity contribution < 1.29 is 8.78 Å². The number of hydrogen-bond acceptors (Lipinski definition) is 2. The van der Waals surface area contributed by atoms with Gasteiger partial charge in [-0.2, -0.15) is 11.8 Å². The number of hydrogen-bond donors (Lipinski definition) is 1. The minimum atomic E-state index is -0.448. The molecule has 0 spiro atoms. The van der Waals surface area contributed by atoms with E-state index in [-0.39, 0.29) is 10.3 Å². The Balaban J connectivity index is 2.32. The number of thioether (sulfide) groups is 1. The molecule has 0 radical (unpaired) electrons. The molecule has 0 amide bonds. The molecule has 1 heterocycles. The summed E-state index contributed by atoms with van der Waals surface area (Å²) < 4.78 is 26.5. The van der Waals surface area contributed by atoms with Crippen molar-refractivity contribution in [2.75, 3.05) is 5.75 Å². The van der Waals surface area contributed by atoms with E-state index in [1.54, 1.807) is 11.8 Å². The van der Waals surface area contributed by atoms with Crippen LogP contribution in [0.3, 0.4) is 0 Å². The Hall–Kier alpha value is -0.610. The number of halogens is 2.